The summed E-state index contributed by atoms with van der Waals surface area (Å²) in [5.74, 6) is 0. The molecule has 15 heavy (non-hydrogen) atoms. The minimum absolute atomic E-state index is 0.893. The average Bonchev–Trinajstić information content (AvgIpc) is 2.22. The normalized spacial score (nSPS) is 10.3. The molecule has 3 heteroatoms. The van der Waals surface area contributed by atoms with Gasteiger partial charge in [0, 0.05) is 13.6 Å². The Balaban J connectivity index is 2.65. The van der Waals surface area contributed by atoms with E-state index in [1.54, 1.807) is 0 Å². The molecule has 1 aromatic rings. The van der Waals surface area contributed by atoms with Gasteiger partial charge in [-0.1, -0.05) is 12.1 Å². The fourth-order valence-electron chi connectivity index (χ4n) is 1.61. The maximum atomic E-state index is 6.03. The Kier molecular flexibility index (Phi) is 4.43. The molecule has 0 heterocycles. The topological polar surface area (TPSA) is 41.3 Å². The standard InChI is InChI=1S/C12H21N3/c1-10-6-4-7-11(12(10)13)15(3)9-5-8-14-2/h4,6-7,14H,5,8-9,13H2,1-3H3. The van der Waals surface area contributed by atoms with Crippen molar-refractivity contribution >= 4 is 11.4 Å². The van der Waals surface area contributed by atoms with E-state index < -0.39 is 0 Å². The number of nitrogen functional groups attached to an aromatic ring is 1. The van der Waals surface area contributed by atoms with Crippen LogP contribution in [0.15, 0.2) is 18.2 Å². The van der Waals surface area contributed by atoms with E-state index in [1.807, 2.05) is 20.0 Å². The molecule has 0 spiro atoms. The maximum Gasteiger partial charge on any atom is 0.0600 e. The second kappa shape index (κ2) is 5.61. The van der Waals surface area contributed by atoms with Crippen molar-refractivity contribution in [1.82, 2.24) is 5.32 Å². The third-order valence-corrected chi connectivity index (χ3v) is 2.63. The summed E-state index contributed by atoms with van der Waals surface area (Å²) in [6, 6.07) is 6.16. The van der Waals surface area contributed by atoms with E-state index in [0.717, 1.165) is 36.4 Å². The zero-order chi connectivity index (χ0) is 11.3. The second-order valence-electron chi connectivity index (χ2n) is 3.89. The summed E-state index contributed by atoms with van der Waals surface area (Å²) in [6.45, 7) is 4.10. The molecule has 0 aliphatic heterocycles. The van der Waals surface area contributed by atoms with Gasteiger partial charge in [0.25, 0.3) is 0 Å². The summed E-state index contributed by atoms with van der Waals surface area (Å²) in [7, 11) is 4.06. The van der Waals surface area contributed by atoms with Gasteiger partial charge in [-0.25, -0.2) is 0 Å². The first kappa shape index (κ1) is 11.9. The molecule has 0 bridgehead atoms. The van der Waals surface area contributed by atoms with Crippen molar-refractivity contribution < 1.29 is 0 Å². The van der Waals surface area contributed by atoms with Crippen LogP contribution >= 0.6 is 0 Å². The van der Waals surface area contributed by atoms with Crippen molar-refractivity contribution in [1.29, 1.82) is 0 Å². The zero-order valence-corrected chi connectivity index (χ0v) is 9.88. The smallest absolute Gasteiger partial charge is 0.0600 e. The van der Waals surface area contributed by atoms with Crippen molar-refractivity contribution in [3.63, 3.8) is 0 Å². The van der Waals surface area contributed by atoms with Crippen molar-refractivity contribution in [2.75, 3.05) is 37.8 Å². The Hall–Kier alpha value is -1.22. The molecule has 0 aliphatic rings. The van der Waals surface area contributed by atoms with Crippen LogP contribution < -0.4 is 16.0 Å². The summed E-state index contributed by atoms with van der Waals surface area (Å²) in [5, 5.41) is 3.14. The number of hydrogen-bond acceptors (Lipinski definition) is 3. The van der Waals surface area contributed by atoms with Gasteiger partial charge in [-0.3, -0.25) is 0 Å². The molecule has 3 nitrogen and oxygen atoms in total. The number of nitrogens with zero attached hydrogens (tertiary/aromatic N) is 1. The number of hydrogen-bond donors (Lipinski definition) is 2. The average molecular weight is 207 g/mol. The molecule has 84 valence electrons. The van der Waals surface area contributed by atoms with Crippen molar-refractivity contribution in [2.24, 2.45) is 0 Å². The van der Waals surface area contributed by atoms with Crippen molar-refractivity contribution in [3.05, 3.63) is 23.8 Å². The van der Waals surface area contributed by atoms with Crippen molar-refractivity contribution in [2.45, 2.75) is 13.3 Å². The van der Waals surface area contributed by atoms with Gasteiger partial charge in [0.2, 0.25) is 0 Å². The SMILES string of the molecule is CNCCCN(C)c1cccc(C)c1N. The monoisotopic (exact) mass is 207 g/mol. The van der Waals surface area contributed by atoms with Gasteiger partial charge in [-0.15, -0.1) is 0 Å². The summed E-state index contributed by atoms with van der Waals surface area (Å²) in [5.41, 5.74) is 9.20. The summed E-state index contributed by atoms with van der Waals surface area (Å²) in [4.78, 5) is 2.21. The van der Waals surface area contributed by atoms with Crippen LogP contribution in [0, 0.1) is 6.92 Å². The third-order valence-electron chi connectivity index (χ3n) is 2.63. The lowest BCUT2D eigenvalue weighted by Crippen LogP contribution is -2.23. The van der Waals surface area contributed by atoms with Gasteiger partial charge in [0.1, 0.15) is 0 Å². The minimum atomic E-state index is 0.893. The number of benzene rings is 1. The minimum Gasteiger partial charge on any atom is -0.397 e. The van der Waals surface area contributed by atoms with Crippen LogP contribution in [-0.2, 0) is 0 Å². The zero-order valence-electron chi connectivity index (χ0n) is 9.88. The Morgan fingerprint density at radius 1 is 1.40 bits per heavy atom. The van der Waals surface area contributed by atoms with Gasteiger partial charge >= 0.3 is 0 Å². The number of anilines is 2. The summed E-state index contributed by atoms with van der Waals surface area (Å²) >= 11 is 0. The Labute approximate surface area is 92.3 Å². The van der Waals surface area contributed by atoms with Crippen LogP contribution in [0.25, 0.3) is 0 Å². The predicted octanol–water partition coefficient (Wildman–Crippen LogP) is 1.62. The number of nitrogens with one attached hydrogen (secondary N) is 1. The molecule has 1 aromatic carbocycles. The highest BCUT2D eigenvalue weighted by Crippen LogP contribution is 2.24. The van der Waals surface area contributed by atoms with E-state index in [-0.39, 0.29) is 0 Å². The van der Waals surface area contributed by atoms with Crippen molar-refractivity contribution in [3.8, 4) is 0 Å². The maximum absolute atomic E-state index is 6.03. The molecule has 1 rings (SSSR count). The molecular weight excluding hydrogens is 186 g/mol. The van der Waals surface area contributed by atoms with Gasteiger partial charge in [0.15, 0.2) is 0 Å². The van der Waals surface area contributed by atoms with E-state index in [0.29, 0.717) is 0 Å². The number of para-hydroxylation sites is 1. The molecule has 3 N–H and O–H groups in total. The molecular formula is C12H21N3. The predicted molar refractivity (Wildman–Crippen MR) is 67.4 cm³/mol. The highest BCUT2D eigenvalue weighted by atomic mass is 15.1. The summed E-state index contributed by atoms with van der Waals surface area (Å²) < 4.78 is 0. The van der Waals surface area contributed by atoms with Crippen LogP contribution in [0.2, 0.25) is 0 Å². The fourth-order valence-corrected chi connectivity index (χ4v) is 1.61. The quantitative estimate of drug-likeness (QED) is 0.569. The van der Waals surface area contributed by atoms with Crippen LogP contribution in [0.3, 0.4) is 0 Å². The molecule has 0 amide bonds. The number of aryl methyl sites for hydroxylation is 1. The van der Waals surface area contributed by atoms with Crippen LogP contribution in [0.1, 0.15) is 12.0 Å². The number of rotatable bonds is 5. The highest BCUT2D eigenvalue weighted by molar-refractivity contribution is 5.70. The van der Waals surface area contributed by atoms with Crippen LogP contribution in [-0.4, -0.2) is 27.2 Å². The second-order valence-corrected chi connectivity index (χ2v) is 3.89. The number of nitrogens with two attached hydrogens (primary N) is 1. The van der Waals surface area contributed by atoms with E-state index in [1.165, 1.54) is 0 Å². The van der Waals surface area contributed by atoms with Gasteiger partial charge in [-0.2, -0.15) is 0 Å². The Morgan fingerprint density at radius 2 is 2.13 bits per heavy atom. The molecule has 0 fully saturated rings. The fraction of sp³-hybridized carbons (Fsp3) is 0.500. The van der Waals surface area contributed by atoms with E-state index in [4.69, 9.17) is 5.73 Å². The Bertz CT molecular complexity index is 310. The van der Waals surface area contributed by atoms with Crippen LogP contribution in [0.5, 0.6) is 0 Å². The molecule has 0 saturated heterocycles. The molecule has 0 atom stereocenters. The van der Waals surface area contributed by atoms with Crippen LogP contribution in [0.4, 0.5) is 11.4 Å². The first-order valence-electron chi connectivity index (χ1n) is 5.37. The van der Waals surface area contributed by atoms with E-state index >= 15 is 0 Å². The lowest BCUT2D eigenvalue weighted by molar-refractivity contribution is 0.713. The molecule has 0 saturated carbocycles. The molecule has 0 radical (unpaired) electrons. The highest BCUT2D eigenvalue weighted by Gasteiger charge is 2.05. The molecule has 0 aromatic heterocycles. The first-order valence-corrected chi connectivity index (χ1v) is 5.37. The van der Waals surface area contributed by atoms with Gasteiger partial charge < -0.3 is 16.0 Å². The first-order chi connectivity index (χ1) is 7.16. The lowest BCUT2D eigenvalue weighted by atomic mass is 10.1. The Morgan fingerprint density at radius 3 is 2.80 bits per heavy atom. The molecule has 0 unspecified atom stereocenters. The molecule has 0 aliphatic carbocycles. The van der Waals surface area contributed by atoms with E-state index in [9.17, 15) is 0 Å². The third kappa shape index (κ3) is 3.13. The lowest BCUT2D eigenvalue weighted by Gasteiger charge is -2.21. The summed E-state index contributed by atoms with van der Waals surface area (Å²) in [6.07, 6.45) is 1.13. The van der Waals surface area contributed by atoms with E-state index in [2.05, 4.69) is 29.4 Å². The largest absolute Gasteiger partial charge is 0.397 e. The van der Waals surface area contributed by atoms with Gasteiger partial charge in [0.05, 0.1) is 11.4 Å². The van der Waals surface area contributed by atoms with Gasteiger partial charge in [-0.05, 0) is 38.6 Å².